The molecule has 0 N–H and O–H groups in total. The third-order valence-electron chi connectivity index (χ3n) is 4.24. The van der Waals surface area contributed by atoms with Crippen molar-refractivity contribution < 1.29 is 18.4 Å². The van der Waals surface area contributed by atoms with Crippen LogP contribution in [0.4, 0.5) is 0 Å². The molecule has 0 aliphatic rings. The average molecular weight is 400 g/mol. The first kappa shape index (κ1) is 22.3. The third kappa shape index (κ3) is 5.51. The summed E-state index contributed by atoms with van der Waals surface area (Å²) in [4.78, 5) is 13.2. The first-order valence-electron chi connectivity index (χ1n) is 9.53. The Morgan fingerprint density at radius 2 is 1.46 bits per heavy atom. The summed E-state index contributed by atoms with van der Waals surface area (Å²) < 4.78 is 24.4. The topological polar surface area (TPSA) is 52.6 Å². The van der Waals surface area contributed by atoms with Crippen molar-refractivity contribution in [2.24, 2.45) is 0 Å². The van der Waals surface area contributed by atoms with E-state index in [9.17, 15) is 9.36 Å². The predicted octanol–water partition coefficient (Wildman–Crippen LogP) is 6.47. The molecule has 2 aromatic rings. The summed E-state index contributed by atoms with van der Waals surface area (Å²) in [6, 6.07) is 16.6. The Balaban J connectivity index is 2.55. The van der Waals surface area contributed by atoms with Gasteiger partial charge in [0.1, 0.15) is 5.31 Å². The van der Waals surface area contributed by atoms with Gasteiger partial charge in [-0.05, 0) is 36.5 Å². The molecule has 2 rings (SSSR count). The molecule has 0 radical (unpaired) electrons. The number of Topliss-reactive ketones (excluding diaryl/α,β-unsaturated/α-hetero) is 1. The van der Waals surface area contributed by atoms with Crippen LogP contribution in [0.5, 0.6) is 0 Å². The third-order valence-corrected chi connectivity index (χ3v) is 6.36. The summed E-state index contributed by atoms with van der Waals surface area (Å²) in [6.45, 7) is 10.2. The van der Waals surface area contributed by atoms with Crippen LogP contribution in [-0.2, 0) is 19.0 Å². The van der Waals surface area contributed by atoms with Crippen LogP contribution in [0, 0.1) is 0 Å². The normalized spacial score (nSPS) is 12.8. The van der Waals surface area contributed by atoms with Gasteiger partial charge in [-0.1, -0.05) is 75.4 Å². The van der Waals surface area contributed by atoms with Gasteiger partial charge in [-0.2, -0.15) is 0 Å². The minimum absolute atomic E-state index is 0.0247. The Bertz CT molecular complexity index is 852. The number of hydrogen-bond acceptors (Lipinski definition) is 4. The summed E-state index contributed by atoms with van der Waals surface area (Å²) >= 11 is 0. The van der Waals surface area contributed by atoms with Crippen LogP contribution in [-0.4, -0.2) is 19.0 Å². The molecule has 0 amide bonds. The molecule has 0 saturated carbocycles. The summed E-state index contributed by atoms with van der Waals surface area (Å²) in [6.07, 6.45) is 1.62. The fourth-order valence-electron chi connectivity index (χ4n) is 2.76. The van der Waals surface area contributed by atoms with Gasteiger partial charge in [0.2, 0.25) is 5.78 Å². The molecule has 0 saturated heterocycles. The molecule has 0 aliphatic carbocycles. The molecule has 0 fully saturated rings. The van der Waals surface area contributed by atoms with E-state index >= 15 is 0 Å². The molecule has 4 nitrogen and oxygen atoms in total. The van der Waals surface area contributed by atoms with Gasteiger partial charge in [0, 0.05) is 5.56 Å². The van der Waals surface area contributed by atoms with Gasteiger partial charge in [0.25, 0.3) is 0 Å². The highest BCUT2D eigenvalue weighted by atomic mass is 31.2. The second kappa shape index (κ2) is 9.47. The van der Waals surface area contributed by atoms with E-state index in [0.29, 0.717) is 5.56 Å². The van der Waals surface area contributed by atoms with E-state index in [0.717, 1.165) is 5.56 Å². The van der Waals surface area contributed by atoms with Gasteiger partial charge < -0.3 is 9.05 Å². The fraction of sp³-hybridized carbons (Fsp3) is 0.348. The van der Waals surface area contributed by atoms with Gasteiger partial charge in [0.05, 0.1) is 13.2 Å². The van der Waals surface area contributed by atoms with E-state index in [2.05, 4.69) is 20.8 Å². The first-order valence-corrected chi connectivity index (χ1v) is 11.1. The Morgan fingerprint density at radius 1 is 0.929 bits per heavy atom. The Kier molecular flexibility index (Phi) is 7.54. The van der Waals surface area contributed by atoms with Crippen LogP contribution in [0.15, 0.2) is 59.9 Å². The van der Waals surface area contributed by atoms with Crippen LogP contribution in [0.1, 0.15) is 56.1 Å². The summed E-state index contributed by atoms with van der Waals surface area (Å²) in [5.74, 6) is -0.356. The number of ketones is 1. The second-order valence-electron chi connectivity index (χ2n) is 7.43. The lowest BCUT2D eigenvalue weighted by Crippen LogP contribution is -2.11. The Labute approximate surface area is 168 Å². The molecule has 150 valence electrons. The van der Waals surface area contributed by atoms with E-state index in [1.807, 2.05) is 30.3 Å². The van der Waals surface area contributed by atoms with Gasteiger partial charge in [-0.15, -0.1) is 0 Å². The Morgan fingerprint density at radius 3 is 1.93 bits per heavy atom. The van der Waals surface area contributed by atoms with Crippen molar-refractivity contribution >= 4 is 19.5 Å². The zero-order valence-corrected chi connectivity index (χ0v) is 18.2. The maximum absolute atomic E-state index is 13.4. The molecule has 0 bridgehead atoms. The van der Waals surface area contributed by atoms with Crippen LogP contribution in [0.25, 0.3) is 6.08 Å². The van der Waals surface area contributed by atoms with Crippen molar-refractivity contribution in [2.75, 3.05) is 13.2 Å². The second-order valence-corrected chi connectivity index (χ2v) is 9.42. The molecule has 2 aromatic carbocycles. The summed E-state index contributed by atoms with van der Waals surface area (Å²) in [5, 5.41) is 0.0471. The zero-order chi connectivity index (χ0) is 20.8. The number of allylic oxidation sites excluding steroid dienone is 1. The van der Waals surface area contributed by atoms with Crippen molar-refractivity contribution in [3.05, 3.63) is 76.6 Å². The van der Waals surface area contributed by atoms with Gasteiger partial charge in [-0.3, -0.25) is 9.36 Å². The molecule has 0 atom stereocenters. The van der Waals surface area contributed by atoms with Crippen molar-refractivity contribution in [3.8, 4) is 0 Å². The monoisotopic (exact) mass is 400 g/mol. The van der Waals surface area contributed by atoms with E-state index in [4.69, 9.17) is 9.05 Å². The largest absolute Gasteiger partial charge is 0.365 e. The molecule has 0 aromatic heterocycles. The molecule has 0 spiro atoms. The van der Waals surface area contributed by atoms with E-state index in [1.54, 1.807) is 44.2 Å². The van der Waals surface area contributed by atoms with Gasteiger partial charge in [-0.25, -0.2) is 0 Å². The van der Waals surface area contributed by atoms with Crippen LogP contribution in [0.2, 0.25) is 0 Å². The smallest absolute Gasteiger partial charge is 0.305 e. The number of hydrogen-bond donors (Lipinski definition) is 0. The maximum Gasteiger partial charge on any atom is 0.365 e. The minimum atomic E-state index is -3.75. The van der Waals surface area contributed by atoms with Gasteiger partial charge >= 0.3 is 7.60 Å². The van der Waals surface area contributed by atoms with E-state index in [-0.39, 0.29) is 29.7 Å². The summed E-state index contributed by atoms with van der Waals surface area (Å²) in [7, 11) is -3.75. The SMILES string of the molecule is CCOP(=O)(OCC)C(=Cc1ccc(C(C)(C)C)cc1)C(=O)c1ccccc1. The molecule has 0 heterocycles. The van der Waals surface area contributed by atoms with Crippen molar-refractivity contribution in [2.45, 2.75) is 40.0 Å². The zero-order valence-electron chi connectivity index (χ0n) is 17.3. The number of rotatable bonds is 8. The van der Waals surface area contributed by atoms with E-state index in [1.165, 1.54) is 5.56 Å². The fourth-order valence-corrected chi connectivity index (χ4v) is 4.48. The highest BCUT2D eigenvalue weighted by molar-refractivity contribution is 7.60. The molecular weight excluding hydrogens is 371 g/mol. The average Bonchev–Trinajstić information content (AvgIpc) is 2.66. The standard InChI is InChI=1S/C23H29O4P/c1-6-26-28(25,27-7-2)21(22(24)19-11-9-8-10-12-19)17-18-13-15-20(16-14-18)23(3,4)5/h8-17H,6-7H2,1-5H3. The van der Waals surface area contributed by atoms with Crippen LogP contribution < -0.4 is 0 Å². The van der Waals surface area contributed by atoms with Crippen molar-refractivity contribution in [1.82, 2.24) is 0 Å². The highest BCUT2D eigenvalue weighted by Crippen LogP contribution is 2.57. The number of carbonyl (C=O) groups excluding carboxylic acids is 1. The van der Waals surface area contributed by atoms with Crippen molar-refractivity contribution in [1.29, 1.82) is 0 Å². The number of benzene rings is 2. The predicted molar refractivity (Wildman–Crippen MR) is 115 cm³/mol. The molecular formula is C23H29O4P. The quantitative estimate of drug-likeness (QED) is 0.289. The summed E-state index contributed by atoms with van der Waals surface area (Å²) in [5.41, 5.74) is 2.42. The van der Waals surface area contributed by atoms with Gasteiger partial charge in [0.15, 0.2) is 0 Å². The van der Waals surface area contributed by atoms with E-state index < -0.39 is 7.60 Å². The lowest BCUT2D eigenvalue weighted by atomic mass is 9.87. The lowest BCUT2D eigenvalue weighted by molar-refractivity contribution is 0.103. The van der Waals surface area contributed by atoms with Crippen molar-refractivity contribution in [3.63, 3.8) is 0 Å². The maximum atomic E-state index is 13.4. The highest BCUT2D eigenvalue weighted by Gasteiger charge is 2.35. The molecule has 0 unspecified atom stereocenters. The first-order chi connectivity index (χ1) is 13.2. The van der Waals surface area contributed by atoms with Crippen LogP contribution in [0.3, 0.4) is 0 Å². The number of carbonyl (C=O) groups is 1. The molecule has 5 heteroatoms. The molecule has 28 heavy (non-hydrogen) atoms. The molecule has 0 aliphatic heterocycles. The van der Waals surface area contributed by atoms with Crippen LogP contribution >= 0.6 is 7.60 Å². The Hall–Kier alpha value is -2.00. The minimum Gasteiger partial charge on any atom is -0.305 e. The lowest BCUT2D eigenvalue weighted by Gasteiger charge is -2.20.